The Kier molecular flexibility index (Phi) is 5.74. The number of aromatic nitrogens is 2. The molecule has 7 heteroatoms. The van der Waals surface area contributed by atoms with E-state index in [4.69, 9.17) is 5.26 Å². The van der Waals surface area contributed by atoms with Gasteiger partial charge in [0.05, 0.1) is 17.3 Å². The molecule has 2 aliphatic heterocycles. The second-order valence-electron chi connectivity index (χ2n) is 8.40. The lowest BCUT2D eigenvalue weighted by Crippen LogP contribution is -2.54. The van der Waals surface area contributed by atoms with Crippen LogP contribution in [0.5, 0.6) is 0 Å². The first kappa shape index (κ1) is 19.9. The summed E-state index contributed by atoms with van der Waals surface area (Å²) in [4.78, 5) is 10.3. The van der Waals surface area contributed by atoms with Gasteiger partial charge in [0.2, 0.25) is 0 Å². The summed E-state index contributed by atoms with van der Waals surface area (Å²) in [7, 11) is 0. The van der Waals surface area contributed by atoms with Crippen molar-refractivity contribution in [3.63, 3.8) is 0 Å². The van der Waals surface area contributed by atoms with Gasteiger partial charge in [-0.05, 0) is 61.7 Å². The zero-order chi connectivity index (χ0) is 21.0. The second-order valence-corrected chi connectivity index (χ2v) is 8.40. The topological polar surface area (TPSA) is 74.2 Å². The average molecular weight is 416 g/mol. The normalized spacial score (nSPS) is 16.9. The van der Waals surface area contributed by atoms with E-state index in [-0.39, 0.29) is 0 Å². The van der Waals surface area contributed by atoms with Gasteiger partial charge >= 0.3 is 0 Å². The van der Waals surface area contributed by atoms with E-state index in [1.54, 1.807) is 0 Å². The van der Waals surface area contributed by atoms with Gasteiger partial charge in [0.15, 0.2) is 5.82 Å². The number of aromatic amines is 1. The van der Waals surface area contributed by atoms with E-state index in [0.29, 0.717) is 0 Å². The molecule has 2 aromatic heterocycles. The van der Waals surface area contributed by atoms with E-state index in [0.717, 1.165) is 56.2 Å². The fourth-order valence-electron chi connectivity index (χ4n) is 4.71. The molecule has 2 aliphatic rings. The summed E-state index contributed by atoms with van der Waals surface area (Å²) in [6.45, 7) is 6.35. The van der Waals surface area contributed by atoms with Gasteiger partial charge in [0, 0.05) is 49.5 Å². The number of fused-ring (bicyclic) bond motifs is 2. The predicted octanol–water partition coefficient (Wildman–Crippen LogP) is 3.57. The van der Waals surface area contributed by atoms with Crippen molar-refractivity contribution in [1.29, 1.82) is 5.26 Å². The zero-order valence-electron chi connectivity index (χ0n) is 17.8. The van der Waals surface area contributed by atoms with Crippen molar-refractivity contribution in [3.8, 4) is 6.07 Å². The van der Waals surface area contributed by atoms with Crippen LogP contribution in [0.4, 0.5) is 11.5 Å². The Morgan fingerprint density at radius 3 is 2.84 bits per heavy atom. The van der Waals surface area contributed by atoms with Crippen LogP contribution in [0.3, 0.4) is 0 Å². The third kappa shape index (κ3) is 4.22. The monoisotopic (exact) mass is 415 g/mol. The number of hydrogen-bond donors (Lipinski definition) is 2. The highest BCUT2D eigenvalue weighted by Crippen LogP contribution is 2.30. The van der Waals surface area contributed by atoms with Crippen LogP contribution in [0, 0.1) is 11.3 Å². The quantitative estimate of drug-likeness (QED) is 0.575. The van der Waals surface area contributed by atoms with E-state index < -0.39 is 0 Å². The summed E-state index contributed by atoms with van der Waals surface area (Å²) < 4.78 is 0. The van der Waals surface area contributed by atoms with Crippen molar-refractivity contribution < 1.29 is 0 Å². The molecule has 3 aromatic rings. The number of pyridine rings is 1. The van der Waals surface area contributed by atoms with Gasteiger partial charge in [-0.25, -0.2) is 9.99 Å². The predicted molar refractivity (Wildman–Crippen MR) is 124 cm³/mol. The highest BCUT2D eigenvalue weighted by Gasteiger charge is 2.27. The summed E-state index contributed by atoms with van der Waals surface area (Å²) in [6.07, 6.45) is 8.68. The van der Waals surface area contributed by atoms with E-state index in [1.807, 2.05) is 30.5 Å². The molecule has 0 saturated carbocycles. The summed E-state index contributed by atoms with van der Waals surface area (Å²) in [5.74, 6) is 0.990. The molecule has 4 heterocycles. The first-order chi connectivity index (χ1) is 15.3. The number of unbranched alkanes of at least 4 members (excludes halogenated alkanes) is 2. The number of nitriles is 1. The number of H-pyrrole nitrogens is 1. The molecule has 7 nitrogen and oxygen atoms in total. The number of hydrogen-bond acceptors (Lipinski definition) is 6. The minimum absolute atomic E-state index is 0.733. The van der Waals surface area contributed by atoms with Crippen LogP contribution < -0.4 is 10.3 Å². The second kappa shape index (κ2) is 8.96. The maximum atomic E-state index is 9.14. The Labute approximate surface area is 183 Å². The highest BCUT2D eigenvalue weighted by molar-refractivity contribution is 5.84. The average Bonchev–Trinajstić information content (AvgIpc) is 3.43. The fraction of sp³-hybridized carbons (Fsp3) is 0.417. The molecule has 1 saturated heterocycles. The van der Waals surface area contributed by atoms with Crippen molar-refractivity contribution in [2.75, 3.05) is 49.7 Å². The van der Waals surface area contributed by atoms with Crippen molar-refractivity contribution in [2.24, 2.45) is 0 Å². The Hall–Kier alpha value is -3.08. The maximum Gasteiger partial charge on any atom is 0.152 e. The van der Waals surface area contributed by atoms with Crippen molar-refractivity contribution >= 4 is 22.4 Å². The Morgan fingerprint density at radius 2 is 1.97 bits per heavy atom. The Bertz CT molecular complexity index is 1070. The SMILES string of the molecule is N#Cc1ccc2[nH]cc(CCCCCN3CCN(N4CNc5ncccc54)CC3)c2c1. The zero-order valence-corrected chi connectivity index (χ0v) is 17.8. The number of aryl methyl sites for hydroxylation is 1. The molecule has 0 spiro atoms. The molecule has 160 valence electrons. The molecule has 0 radical (unpaired) electrons. The molecule has 0 unspecified atom stereocenters. The van der Waals surface area contributed by atoms with Crippen LogP contribution in [0.25, 0.3) is 10.9 Å². The number of nitrogens with zero attached hydrogens (tertiary/aromatic N) is 5. The standard InChI is InChI=1S/C24H29N7/c25-16-19-7-8-22-21(15-19)20(17-27-22)5-2-1-3-10-29-11-13-30(14-12-29)31-18-28-24-23(31)6-4-9-26-24/h4,6-9,15,17,27H,1-3,5,10-14,18H2,(H,26,28). The molecule has 0 amide bonds. The lowest BCUT2D eigenvalue weighted by Gasteiger charge is -2.40. The van der Waals surface area contributed by atoms with Gasteiger partial charge in [-0.2, -0.15) is 5.26 Å². The molecule has 5 rings (SSSR count). The van der Waals surface area contributed by atoms with Gasteiger partial charge in [0.1, 0.15) is 6.67 Å². The highest BCUT2D eigenvalue weighted by atomic mass is 15.7. The van der Waals surface area contributed by atoms with Gasteiger partial charge in [-0.1, -0.05) is 6.42 Å². The van der Waals surface area contributed by atoms with Crippen LogP contribution in [0.2, 0.25) is 0 Å². The number of anilines is 2. The number of nitrogens with one attached hydrogen (secondary N) is 2. The number of piperazine rings is 1. The lowest BCUT2D eigenvalue weighted by atomic mass is 10.0. The van der Waals surface area contributed by atoms with Gasteiger partial charge in [-0.15, -0.1) is 0 Å². The largest absolute Gasteiger partial charge is 0.361 e. The molecule has 0 aliphatic carbocycles. The third-order valence-electron chi connectivity index (χ3n) is 6.47. The van der Waals surface area contributed by atoms with Crippen LogP contribution in [-0.4, -0.2) is 59.3 Å². The number of benzene rings is 1. The minimum atomic E-state index is 0.733. The minimum Gasteiger partial charge on any atom is -0.361 e. The molecule has 0 atom stereocenters. The van der Waals surface area contributed by atoms with Crippen molar-refractivity contribution in [1.82, 2.24) is 19.9 Å². The van der Waals surface area contributed by atoms with Crippen LogP contribution >= 0.6 is 0 Å². The Balaban J connectivity index is 1.04. The fourth-order valence-corrected chi connectivity index (χ4v) is 4.71. The summed E-state index contributed by atoms with van der Waals surface area (Å²) in [5, 5.41) is 18.5. The first-order valence-electron chi connectivity index (χ1n) is 11.3. The molecule has 0 bridgehead atoms. The lowest BCUT2D eigenvalue weighted by molar-refractivity contribution is 0.123. The van der Waals surface area contributed by atoms with E-state index >= 15 is 0 Å². The first-order valence-corrected chi connectivity index (χ1v) is 11.3. The van der Waals surface area contributed by atoms with Crippen LogP contribution in [0.15, 0.2) is 42.7 Å². The summed E-state index contributed by atoms with van der Waals surface area (Å²) >= 11 is 0. The van der Waals surface area contributed by atoms with E-state index in [1.165, 1.54) is 42.4 Å². The molecule has 2 N–H and O–H groups in total. The summed E-state index contributed by atoms with van der Waals surface area (Å²) in [6, 6.07) is 12.3. The van der Waals surface area contributed by atoms with Crippen molar-refractivity contribution in [2.45, 2.75) is 25.7 Å². The molecule has 31 heavy (non-hydrogen) atoms. The van der Waals surface area contributed by atoms with Crippen LogP contribution in [-0.2, 0) is 6.42 Å². The number of rotatable bonds is 7. The maximum absolute atomic E-state index is 9.14. The van der Waals surface area contributed by atoms with Gasteiger partial charge in [-0.3, -0.25) is 5.01 Å². The van der Waals surface area contributed by atoms with Crippen molar-refractivity contribution in [3.05, 3.63) is 53.9 Å². The number of hydrazine groups is 1. The van der Waals surface area contributed by atoms with Crippen LogP contribution in [0.1, 0.15) is 30.4 Å². The molecular weight excluding hydrogens is 386 g/mol. The molecule has 1 aromatic carbocycles. The molecule has 1 fully saturated rings. The van der Waals surface area contributed by atoms with E-state index in [2.05, 4.69) is 48.5 Å². The molecular formula is C24H29N7. The smallest absolute Gasteiger partial charge is 0.152 e. The summed E-state index contributed by atoms with van der Waals surface area (Å²) in [5.41, 5.74) is 4.38. The van der Waals surface area contributed by atoms with E-state index in [9.17, 15) is 0 Å². The van der Waals surface area contributed by atoms with Gasteiger partial charge < -0.3 is 15.2 Å². The third-order valence-corrected chi connectivity index (χ3v) is 6.47. The Morgan fingerprint density at radius 1 is 1.06 bits per heavy atom. The van der Waals surface area contributed by atoms with Gasteiger partial charge in [0.25, 0.3) is 0 Å².